The Balaban J connectivity index is 2.66. The zero-order valence-electron chi connectivity index (χ0n) is 6.22. The molecule has 4 heteroatoms. The summed E-state index contributed by atoms with van der Waals surface area (Å²) in [5, 5.41) is 8.70. The summed E-state index contributed by atoms with van der Waals surface area (Å²) in [5.41, 5.74) is 0.653. The lowest BCUT2D eigenvalue weighted by atomic mass is 10.4. The Morgan fingerprint density at radius 2 is 2.25 bits per heavy atom. The summed E-state index contributed by atoms with van der Waals surface area (Å²) in [6.07, 6.45) is 0.810. The fourth-order valence-corrected chi connectivity index (χ4v) is 0.882. The molecule has 0 fully saturated rings. The third kappa shape index (κ3) is 3.21. The quantitative estimate of drug-likeness (QED) is 0.560. The van der Waals surface area contributed by atoms with Gasteiger partial charge >= 0.3 is 0 Å². The molecule has 1 rings (SSSR count). The summed E-state index contributed by atoms with van der Waals surface area (Å²) in [6.45, 7) is 0. The molecule has 0 saturated carbocycles. The minimum atomic E-state index is 0.390. The minimum absolute atomic E-state index is 0.390. The van der Waals surface area contributed by atoms with Crippen LogP contribution in [0.4, 0.5) is 0 Å². The van der Waals surface area contributed by atoms with Gasteiger partial charge in [-0.05, 0) is 18.1 Å². The van der Waals surface area contributed by atoms with Gasteiger partial charge in [0.15, 0.2) is 5.15 Å². The molecule has 0 radical (unpaired) electrons. The molecule has 0 aromatic carbocycles. The average molecular weight is 246 g/mol. The molecule has 62 valence electrons. The maximum Gasteiger partial charge on any atom is 0.151 e. The van der Waals surface area contributed by atoms with Gasteiger partial charge in [0.25, 0.3) is 0 Å². The van der Waals surface area contributed by atoms with Gasteiger partial charge < -0.3 is 0 Å². The molecule has 1 heterocycles. The lowest BCUT2D eigenvalue weighted by Crippen LogP contribution is -1.85. The van der Waals surface area contributed by atoms with Crippen LogP contribution >= 0.6 is 27.5 Å². The van der Waals surface area contributed by atoms with Crippen LogP contribution in [0.25, 0.3) is 0 Å². The maximum atomic E-state index is 5.54. The molecular formula is C8H6BrClN2. The maximum absolute atomic E-state index is 5.54. The van der Waals surface area contributed by atoms with E-state index in [1.165, 1.54) is 0 Å². The number of nitrogens with zero attached hydrogens (tertiary/aromatic N) is 2. The number of aromatic nitrogens is 2. The molecule has 0 aliphatic carbocycles. The smallest absolute Gasteiger partial charge is 0.140 e. The summed E-state index contributed by atoms with van der Waals surface area (Å²) in [6, 6.07) is 3.42. The van der Waals surface area contributed by atoms with Gasteiger partial charge in [-0.2, -0.15) is 0 Å². The minimum Gasteiger partial charge on any atom is -0.140 e. The van der Waals surface area contributed by atoms with E-state index in [4.69, 9.17) is 11.6 Å². The van der Waals surface area contributed by atoms with Gasteiger partial charge in [-0.1, -0.05) is 33.5 Å². The second-order valence-corrected chi connectivity index (χ2v) is 3.16. The number of hydrogen-bond acceptors (Lipinski definition) is 2. The molecule has 0 aliphatic rings. The molecule has 12 heavy (non-hydrogen) atoms. The van der Waals surface area contributed by atoms with E-state index < -0.39 is 0 Å². The normalized spacial score (nSPS) is 8.83. The van der Waals surface area contributed by atoms with Crippen LogP contribution in [0.15, 0.2) is 12.1 Å². The van der Waals surface area contributed by atoms with Gasteiger partial charge in [0.2, 0.25) is 0 Å². The van der Waals surface area contributed by atoms with E-state index in [-0.39, 0.29) is 0 Å². The van der Waals surface area contributed by atoms with E-state index in [9.17, 15) is 0 Å². The number of halogens is 2. The Bertz CT molecular complexity index is 299. The number of alkyl halides is 1. The summed E-state index contributed by atoms with van der Waals surface area (Å²) in [4.78, 5) is 0. The van der Waals surface area contributed by atoms with E-state index in [0.29, 0.717) is 10.8 Å². The van der Waals surface area contributed by atoms with Crippen LogP contribution in [-0.4, -0.2) is 15.5 Å². The van der Waals surface area contributed by atoms with Crippen LogP contribution in [0, 0.1) is 11.8 Å². The lowest BCUT2D eigenvalue weighted by molar-refractivity contribution is 1.01. The van der Waals surface area contributed by atoms with Crippen molar-refractivity contribution in [3.63, 3.8) is 0 Å². The van der Waals surface area contributed by atoms with Gasteiger partial charge in [0.05, 0.1) is 0 Å². The van der Waals surface area contributed by atoms with Crippen molar-refractivity contribution in [2.24, 2.45) is 0 Å². The molecule has 0 unspecified atom stereocenters. The van der Waals surface area contributed by atoms with Crippen LogP contribution in [-0.2, 0) is 0 Å². The van der Waals surface area contributed by atoms with Crippen molar-refractivity contribution in [3.05, 3.63) is 23.0 Å². The van der Waals surface area contributed by atoms with Crippen molar-refractivity contribution in [3.8, 4) is 11.8 Å². The van der Waals surface area contributed by atoms with Gasteiger partial charge in [-0.15, -0.1) is 10.2 Å². The Labute approximate surface area is 84.5 Å². The van der Waals surface area contributed by atoms with Gasteiger partial charge in [-0.25, -0.2) is 0 Å². The second-order valence-electron chi connectivity index (χ2n) is 1.98. The van der Waals surface area contributed by atoms with Crippen molar-refractivity contribution in [2.75, 3.05) is 5.33 Å². The summed E-state index contributed by atoms with van der Waals surface area (Å²) < 4.78 is 0. The Kier molecular flexibility index (Phi) is 4.06. The predicted octanol–water partition coefficient (Wildman–Crippen LogP) is 2.27. The highest BCUT2D eigenvalue weighted by atomic mass is 79.9. The molecule has 0 amide bonds. The van der Waals surface area contributed by atoms with Crippen LogP contribution < -0.4 is 0 Å². The molecular weight excluding hydrogens is 239 g/mol. The summed E-state index contributed by atoms with van der Waals surface area (Å²) >= 11 is 8.82. The van der Waals surface area contributed by atoms with Gasteiger partial charge in [-0.3, -0.25) is 0 Å². The monoisotopic (exact) mass is 244 g/mol. The summed E-state index contributed by atoms with van der Waals surface area (Å²) in [7, 11) is 0. The Morgan fingerprint density at radius 3 is 2.83 bits per heavy atom. The molecule has 0 saturated heterocycles. The van der Waals surface area contributed by atoms with Crippen molar-refractivity contribution >= 4 is 27.5 Å². The van der Waals surface area contributed by atoms with Crippen molar-refractivity contribution in [2.45, 2.75) is 6.42 Å². The standard InChI is InChI=1S/C8H6BrClN2/c9-6-2-1-3-7-4-5-8(10)12-11-7/h4-5H,2,6H2. The first-order chi connectivity index (χ1) is 5.83. The molecule has 0 spiro atoms. The van der Waals surface area contributed by atoms with Crippen LogP contribution in [0.1, 0.15) is 12.1 Å². The van der Waals surface area contributed by atoms with Gasteiger partial charge in [0.1, 0.15) is 5.69 Å². The fraction of sp³-hybridized carbons (Fsp3) is 0.250. The van der Waals surface area contributed by atoms with E-state index in [1.807, 2.05) is 0 Å². The first-order valence-corrected chi connectivity index (χ1v) is 4.87. The first-order valence-electron chi connectivity index (χ1n) is 3.37. The van der Waals surface area contributed by atoms with Crippen LogP contribution in [0.3, 0.4) is 0 Å². The molecule has 0 bridgehead atoms. The average Bonchev–Trinajstić information content (AvgIpc) is 2.09. The van der Waals surface area contributed by atoms with E-state index in [0.717, 1.165) is 11.8 Å². The van der Waals surface area contributed by atoms with Crippen molar-refractivity contribution in [1.29, 1.82) is 0 Å². The molecule has 1 aromatic rings. The second kappa shape index (κ2) is 5.13. The van der Waals surface area contributed by atoms with E-state index >= 15 is 0 Å². The zero-order valence-corrected chi connectivity index (χ0v) is 8.56. The Hall–Kier alpha value is -0.590. The largest absolute Gasteiger partial charge is 0.151 e. The predicted molar refractivity (Wildman–Crippen MR) is 52.3 cm³/mol. The van der Waals surface area contributed by atoms with Crippen molar-refractivity contribution in [1.82, 2.24) is 10.2 Å². The molecule has 0 atom stereocenters. The highest BCUT2D eigenvalue weighted by Crippen LogP contribution is 2.00. The summed E-state index contributed by atoms with van der Waals surface area (Å²) in [5.74, 6) is 5.79. The highest BCUT2D eigenvalue weighted by Gasteiger charge is 1.89. The van der Waals surface area contributed by atoms with Crippen molar-refractivity contribution < 1.29 is 0 Å². The first kappa shape index (κ1) is 9.50. The number of rotatable bonds is 1. The molecule has 1 aromatic heterocycles. The lowest BCUT2D eigenvalue weighted by Gasteiger charge is -1.87. The molecule has 0 aliphatic heterocycles. The van der Waals surface area contributed by atoms with Crippen LogP contribution in [0.5, 0.6) is 0 Å². The molecule has 0 N–H and O–H groups in total. The van der Waals surface area contributed by atoms with Crippen LogP contribution in [0.2, 0.25) is 5.15 Å². The van der Waals surface area contributed by atoms with E-state index in [1.54, 1.807) is 12.1 Å². The topological polar surface area (TPSA) is 25.8 Å². The third-order valence-electron chi connectivity index (χ3n) is 1.07. The Morgan fingerprint density at radius 1 is 1.42 bits per heavy atom. The highest BCUT2D eigenvalue weighted by molar-refractivity contribution is 9.09. The van der Waals surface area contributed by atoms with E-state index in [2.05, 4.69) is 38.0 Å². The SMILES string of the molecule is Clc1ccc(C#CCCBr)nn1. The molecule has 2 nitrogen and oxygen atoms in total. The fourth-order valence-electron chi connectivity index (χ4n) is 0.583. The number of hydrogen-bond donors (Lipinski definition) is 0. The van der Waals surface area contributed by atoms with Gasteiger partial charge in [0, 0.05) is 11.8 Å². The third-order valence-corrected chi connectivity index (χ3v) is 1.67. The zero-order chi connectivity index (χ0) is 8.81.